The van der Waals surface area contributed by atoms with Crippen molar-refractivity contribution in [1.29, 1.82) is 0 Å². The number of rotatable bonds is 18. The molecular weight excluding hydrogens is 370 g/mol. The molecule has 0 aliphatic heterocycles. The summed E-state index contributed by atoms with van der Waals surface area (Å²) in [4.78, 5) is 32.3. The van der Waals surface area contributed by atoms with Gasteiger partial charge >= 0.3 is 5.97 Å². The van der Waals surface area contributed by atoms with Gasteiger partial charge in [-0.1, -0.05) is 64.7 Å². The van der Waals surface area contributed by atoms with E-state index in [1.165, 1.54) is 25.7 Å². The molecule has 27 heavy (non-hydrogen) atoms. The fourth-order valence-electron chi connectivity index (χ4n) is 3.05. The van der Waals surface area contributed by atoms with Crippen molar-refractivity contribution < 1.29 is 19.4 Å². The second-order valence-corrected chi connectivity index (χ2v) is 7.34. The van der Waals surface area contributed by atoms with Gasteiger partial charge in [-0.3, -0.25) is 9.59 Å². The number of unbranched alkanes of at least 4 members (excludes halogenated alkanes) is 9. The number of aliphatic hydroxyl groups excluding tert-OH is 1. The molecule has 6 nitrogen and oxygen atoms in total. The van der Waals surface area contributed by atoms with Crippen LogP contribution in [0.2, 0.25) is 0 Å². The second-order valence-electron chi connectivity index (χ2n) is 7.08. The standard InChI is InChI=1S/C20H36ClNO5/c1-2-3-4-5-8-11-14-18(27-20(25)16-21)17(23)13-10-7-6-9-12-15-19(24)22-26/h17-18,23H,2-16H2,1H3. The molecular formula is C20H36ClNO5. The first kappa shape index (κ1) is 26.0. The Morgan fingerprint density at radius 3 is 2.07 bits per heavy atom. The van der Waals surface area contributed by atoms with E-state index >= 15 is 0 Å². The first-order valence-corrected chi connectivity index (χ1v) is 10.9. The van der Waals surface area contributed by atoms with Crippen molar-refractivity contribution >= 4 is 23.5 Å². The number of carbonyl (C=O) groups excluding carboxylic acids is 2. The zero-order valence-electron chi connectivity index (χ0n) is 16.7. The minimum atomic E-state index is -0.673. The van der Waals surface area contributed by atoms with Gasteiger partial charge in [-0.2, -0.15) is 0 Å². The Morgan fingerprint density at radius 2 is 1.48 bits per heavy atom. The molecule has 0 fully saturated rings. The van der Waals surface area contributed by atoms with E-state index in [9.17, 15) is 19.6 Å². The van der Waals surface area contributed by atoms with Crippen LogP contribution in [-0.2, 0) is 14.3 Å². The molecule has 1 N–H and O–H groups in total. The number of nitrogens with zero attached hydrogens (tertiary/aromatic N) is 1. The minimum Gasteiger partial charge on any atom is -0.459 e. The predicted octanol–water partition coefficient (Wildman–Crippen LogP) is 5.27. The predicted molar refractivity (Wildman–Crippen MR) is 108 cm³/mol. The van der Waals surface area contributed by atoms with Crippen molar-refractivity contribution in [1.82, 2.24) is 0 Å². The van der Waals surface area contributed by atoms with Crippen molar-refractivity contribution in [3.8, 4) is 0 Å². The van der Waals surface area contributed by atoms with Crippen LogP contribution in [0.3, 0.4) is 0 Å². The Kier molecular flexibility index (Phi) is 17.7. The molecule has 0 aromatic carbocycles. The number of alkyl halides is 1. The lowest BCUT2D eigenvalue weighted by Crippen LogP contribution is -2.32. The van der Waals surface area contributed by atoms with Gasteiger partial charge < -0.3 is 9.84 Å². The molecule has 0 bridgehead atoms. The summed E-state index contributed by atoms with van der Waals surface area (Å²) < 4.78 is 5.33. The van der Waals surface area contributed by atoms with Crippen molar-refractivity contribution in [2.45, 2.75) is 109 Å². The van der Waals surface area contributed by atoms with Gasteiger partial charge in [-0.15, -0.1) is 16.5 Å². The van der Waals surface area contributed by atoms with Crippen molar-refractivity contribution in [3.63, 3.8) is 0 Å². The van der Waals surface area contributed by atoms with Crippen molar-refractivity contribution in [2.75, 3.05) is 5.88 Å². The Hall–Kier alpha value is -1.01. The third-order valence-electron chi connectivity index (χ3n) is 4.66. The van der Waals surface area contributed by atoms with Crippen LogP contribution in [0.5, 0.6) is 0 Å². The zero-order valence-corrected chi connectivity index (χ0v) is 17.4. The van der Waals surface area contributed by atoms with Crippen LogP contribution in [0, 0.1) is 4.91 Å². The van der Waals surface area contributed by atoms with Gasteiger partial charge in [0, 0.05) is 11.6 Å². The average Bonchev–Trinajstić information content (AvgIpc) is 2.68. The van der Waals surface area contributed by atoms with E-state index in [2.05, 4.69) is 12.1 Å². The topological polar surface area (TPSA) is 93.0 Å². The van der Waals surface area contributed by atoms with Crippen LogP contribution in [0.4, 0.5) is 0 Å². The Balaban J connectivity index is 4.00. The summed E-state index contributed by atoms with van der Waals surface area (Å²) in [7, 11) is 0. The third kappa shape index (κ3) is 15.7. The van der Waals surface area contributed by atoms with Crippen LogP contribution >= 0.6 is 11.6 Å². The Morgan fingerprint density at radius 1 is 0.926 bits per heavy atom. The largest absolute Gasteiger partial charge is 0.459 e. The summed E-state index contributed by atoms with van der Waals surface area (Å²) in [6.45, 7) is 2.18. The molecule has 0 aliphatic carbocycles. The number of carbonyl (C=O) groups is 2. The first-order valence-electron chi connectivity index (χ1n) is 10.3. The molecule has 0 heterocycles. The number of halogens is 1. The van der Waals surface area contributed by atoms with E-state index in [0.717, 1.165) is 38.5 Å². The van der Waals surface area contributed by atoms with Crippen LogP contribution in [-0.4, -0.2) is 35.1 Å². The normalized spacial score (nSPS) is 13.1. The molecule has 2 unspecified atom stereocenters. The summed E-state index contributed by atoms with van der Waals surface area (Å²) in [6, 6.07) is 0. The van der Waals surface area contributed by atoms with Gasteiger partial charge in [0.2, 0.25) is 0 Å². The Labute approximate surface area is 168 Å². The number of ether oxygens (including phenoxy) is 1. The van der Waals surface area contributed by atoms with Crippen LogP contribution in [0.1, 0.15) is 96.8 Å². The van der Waals surface area contributed by atoms with Crippen LogP contribution in [0.15, 0.2) is 5.18 Å². The van der Waals surface area contributed by atoms with Crippen molar-refractivity contribution in [3.05, 3.63) is 4.91 Å². The number of hydrogen-bond donors (Lipinski definition) is 1. The molecule has 1 amide bonds. The summed E-state index contributed by atoms with van der Waals surface area (Å²) in [5, 5.41) is 12.8. The van der Waals surface area contributed by atoms with Crippen LogP contribution in [0.25, 0.3) is 0 Å². The molecule has 0 aromatic heterocycles. The van der Waals surface area contributed by atoms with Gasteiger partial charge in [0.15, 0.2) is 0 Å². The van der Waals surface area contributed by atoms with E-state index in [-0.39, 0.29) is 12.3 Å². The highest BCUT2D eigenvalue weighted by Gasteiger charge is 2.22. The van der Waals surface area contributed by atoms with Gasteiger partial charge in [0.05, 0.1) is 6.10 Å². The minimum absolute atomic E-state index is 0.200. The first-order chi connectivity index (χ1) is 13.0. The number of hydrogen-bond acceptors (Lipinski definition) is 5. The highest BCUT2D eigenvalue weighted by Crippen LogP contribution is 2.18. The number of esters is 1. The van der Waals surface area contributed by atoms with Crippen molar-refractivity contribution in [2.24, 2.45) is 5.18 Å². The lowest BCUT2D eigenvalue weighted by molar-refractivity contribution is -0.152. The third-order valence-corrected chi connectivity index (χ3v) is 4.87. The summed E-state index contributed by atoms with van der Waals surface area (Å²) >= 11 is 5.52. The van der Waals surface area contributed by atoms with E-state index < -0.39 is 24.1 Å². The van der Waals surface area contributed by atoms with Gasteiger partial charge in [0.25, 0.3) is 5.91 Å². The molecule has 2 atom stereocenters. The molecule has 0 saturated carbocycles. The van der Waals surface area contributed by atoms with Gasteiger partial charge in [0.1, 0.15) is 12.0 Å². The molecule has 0 aliphatic rings. The fourth-order valence-corrected chi connectivity index (χ4v) is 3.11. The molecule has 0 rings (SSSR count). The fraction of sp³-hybridized carbons (Fsp3) is 0.900. The number of aliphatic hydroxyl groups is 1. The van der Waals surface area contributed by atoms with E-state index in [0.29, 0.717) is 19.3 Å². The molecule has 0 spiro atoms. The maximum atomic E-state index is 11.5. The van der Waals surface area contributed by atoms with E-state index in [4.69, 9.17) is 16.3 Å². The summed E-state index contributed by atoms with van der Waals surface area (Å²) in [6.07, 6.45) is 11.3. The number of nitroso groups, excluding NO2 is 1. The lowest BCUT2D eigenvalue weighted by Gasteiger charge is -2.23. The summed E-state index contributed by atoms with van der Waals surface area (Å²) in [5.41, 5.74) is 0. The smallest absolute Gasteiger partial charge is 0.321 e. The maximum absolute atomic E-state index is 11.5. The summed E-state index contributed by atoms with van der Waals surface area (Å²) in [5.74, 6) is -1.28. The Bertz CT molecular complexity index is 406. The quantitative estimate of drug-likeness (QED) is 0.145. The highest BCUT2D eigenvalue weighted by molar-refractivity contribution is 6.26. The van der Waals surface area contributed by atoms with E-state index in [1.54, 1.807) is 0 Å². The molecule has 7 heteroatoms. The molecule has 158 valence electrons. The SMILES string of the molecule is CCCCCCCCC(OC(=O)CCl)C(O)CCCCCCCC(=O)N=O. The zero-order chi connectivity index (χ0) is 20.3. The van der Waals surface area contributed by atoms with Gasteiger partial charge in [-0.25, -0.2) is 0 Å². The average molecular weight is 406 g/mol. The monoisotopic (exact) mass is 405 g/mol. The second kappa shape index (κ2) is 18.4. The maximum Gasteiger partial charge on any atom is 0.321 e. The molecule has 0 radical (unpaired) electrons. The number of amides is 1. The molecule has 0 saturated heterocycles. The highest BCUT2D eigenvalue weighted by atomic mass is 35.5. The van der Waals surface area contributed by atoms with Gasteiger partial charge in [-0.05, 0) is 25.7 Å². The van der Waals surface area contributed by atoms with E-state index in [1.807, 2.05) is 0 Å². The van der Waals surface area contributed by atoms with Crippen LogP contribution < -0.4 is 0 Å². The lowest BCUT2D eigenvalue weighted by atomic mass is 9.99. The molecule has 0 aromatic rings.